The molecule has 0 aliphatic rings. The summed E-state index contributed by atoms with van der Waals surface area (Å²) >= 11 is 0. The molecule has 0 bridgehead atoms. The zero-order valence-electron chi connectivity index (χ0n) is 11.6. The van der Waals surface area contributed by atoms with Crippen LogP contribution in [-0.2, 0) is 4.74 Å². The minimum absolute atomic E-state index is 0.414. The Hall–Kier alpha value is -2.54. The van der Waals surface area contributed by atoms with E-state index in [1.807, 2.05) is 0 Å². The van der Waals surface area contributed by atoms with Crippen molar-refractivity contribution < 1.29 is 14.2 Å². The van der Waals surface area contributed by atoms with Crippen molar-refractivity contribution in [3.63, 3.8) is 0 Å². The molecule has 0 spiro atoms. The molecule has 0 amide bonds. The number of hydrogen-bond acceptors (Lipinski definition) is 7. The molecule has 0 radical (unpaired) electrons. The van der Waals surface area contributed by atoms with Gasteiger partial charge < -0.3 is 25.7 Å². The fourth-order valence-electron chi connectivity index (χ4n) is 1.47. The normalized spacial score (nSPS) is 10.3. The first-order chi connectivity index (χ1) is 10.2. The van der Waals surface area contributed by atoms with Gasteiger partial charge in [0.25, 0.3) is 0 Å². The van der Waals surface area contributed by atoms with Gasteiger partial charge in [-0.25, -0.2) is 9.97 Å². The third kappa shape index (κ3) is 5.53. The van der Waals surface area contributed by atoms with Crippen molar-refractivity contribution in [3.8, 4) is 11.8 Å². The molecule has 21 heavy (non-hydrogen) atoms. The number of hydrogen-bond donors (Lipinski definition) is 2. The average Bonchev–Trinajstić information content (AvgIpc) is 2.50. The molecule has 0 atom stereocenters. The van der Waals surface area contributed by atoms with Crippen LogP contribution in [0.2, 0.25) is 0 Å². The lowest BCUT2D eigenvalue weighted by molar-refractivity contribution is 0.0743. The molecular weight excluding hydrogens is 272 g/mol. The van der Waals surface area contributed by atoms with Crippen molar-refractivity contribution in [1.29, 1.82) is 0 Å². The maximum atomic E-state index is 5.52. The SMILES string of the molecule is Nc1ccc(OCCOCCOc2ccc(N)cn2)nc1. The third-order valence-electron chi connectivity index (χ3n) is 2.47. The Bertz CT molecular complexity index is 481. The van der Waals surface area contributed by atoms with Gasteiger partial charge >= 0.3 is 0 Å². The van der Waals surface area contributed by atoms with Gasteiger partial charge in [0.2, 0.25) is 11.8 Å². The minimum Gasteiger partial charge on any atom is -0.475 e. The van der Waals surface area contributed by atoms with E-state index in [9.17, 15) is 0 Å². The van der Waals surface area contributed by atoms with Crippen molar-refractivity contribution in [1.82, 2.24) is 9.97 Å². The monoisotopic (exact) mass is 290 g/mol. The zero-order valence-corrected chi connectivity index (χ0v) is 11.6. The number of anilines is 2. The van der Waals surface area contributed by atoms with Gasteiger partial charge in [-0.05, 0) is 12.1 Å². The topological polar surface area (TPSA) is 106 Å². The molecular formula is C14H18N4O3. The van der Waals surface area contributed by atoms with Crippen molar-refractivity contribution in [3.05, 3.63) is 36.7 Å². The number of aromatic nitrogens is 2. The van der Waals surface area contributed by atoms with Gasteiger partial charge in [0.05, 0.1) is 37.0 Å². The summed E-state index contributed by atoms with van der Waals surface area (Å²) in [6, 6.07) is 6.89. The quantitative estimate of drug-likeness (QED) is 0.701. The van der Waals surface area contributed by atoms with Crippen LogP contribution in [0.25, 0.3) is 0 Å². The Labute approximate surface area is 122 Å². The second-order valence-electron chi connectivity index (χ2n) is 4.17. The molecule has 112 valence electrons. The summed E-state index contributed by atoms with van der Waals surface area (Å²) in [5.74, 6) is 1.05. The van der Waals surface area contributed by atoms with Gasteiger partial charge in [-0.3, -0.25) is 0 Å². The van der Waals surface area contributed by atoms with E-state index < -0.39 is 0 Å². The molecule has 7 nitrogen and oxygen atoms in total. The maximum Gasteiger partial charge on any atom is 0.213 e. The third-order valence-corrected chi connectivity index (χ3v) is 2.47. The van der Waals surface area contributed by atoms with Gasteiger partial charge in [-0.2, -0.15) is 0 Å². The number of nitrogens with two attached hydrogens (primary N) is 2. The van der Waals surface area contributed by atoms with Crippen LogP contribution in [0.1, 0.15) is 0 Å². The van der Waals surface area contributed by atoms with Crippen LogP contribution in [0.5, 0.6) is 11.8 Å². The van der Waals surface area contributed by atoms with Crippen LogP contribution in [0.15, 0.2) is 36.7 Å². The van der Waals surface area contributed by atoms with E-state index in [1.54, 1.807) is 36.7 Å². The highest BCUT2D eigenvalue weighted by Gasteiger charge is 1.97. The standard InChI is InChI=1S/C14H18N4O3/c15-11-1-3-13(17-9-11)20-7-5-19-6-8-21-14-4-2-12(16)10-18-14/h1-4,9-10H,5-8,15-16H2. The van der Waals surface area contributed by atoms with Crippen LogP contribution >= 0.6 is 0 Å². The van der Waals surface area contributed by atoms with Crippen molar-refractivity contribution >= 4 is 11.4 Å². The van der Waals surface area contributed by atoms with E-state index in [2.05, 4.69) is 9.97 Å². The molecule has 2 rings (SSSR count). The maximum absolute atomic E-state index is 5.52. The Morgan fingerprint density at radius 2 is 1.19 bits per heavy atom. The summed E-state index contributed by atoms with van der Waals surface area (Å²) in [6.45, 7) is 1.73. The molecule has 4 N–H and O–H groups in total. The van der Waals surface area contributed by atoms with E-state index in [0.29, 0.717) is 49.6 Å². The minimum atomic E-state index is 0.414. The fourth-order valence-corrected chi connectivity index (χ4v) is 1.47. The van der Waals surface area contributed by atoms with Crippen LogP contribution in [-0.4, -0.2) is 36.4 Å². The van der Waals surface area contributed by atoms with E-state index in [-0.39, 0.29) is 0 Å². The average molecular weight is 290 g/mol. The molecule has 0 aliphatic carbocycles. The van der Waals surface area contributed by atoms with Gasteiger partial charge in [0, 0.05) is 12.1 Å². The summed E-state index contributed by atoms with van der Waals surface area (Å²) in [6.07, 6.45) is 3.09. The first-order valence-electron chi connectivity index (χ1n) is 6.50. The lowest BCUT2D eigenvalue weighted by Crippen LogP contribution is -2.12. The lowest BCUT2D eigenvalue weighted by Gasteiger charge is -2.07. The first-order valence-corrected chi connectivity index (χ1v) is 6.50. The van der Waals surface area contributed by atoms with Gasteiger partial charge in [0.15, 0.2) is 0 Å². The highest BCUT2D eigenvalue weighted by atomic mass is 16.5. The van der Waals surface area contributed by atoms with Crippen LogP contribution in [0.4, 0.5) is 11.4 Å². The van der Waals surface area contributed by atoms with E-state index in [0.717, 1.165) is 0 Å². The van der Waals surface area contributed by atoms with Crippen molar-refractivity contribution in [2.75, 3.05) is 37.9 Å². The number of nitrogen functional groups attached to an aromatic ring is 2. The summed E-state index contributed by atoms with van der Waals surface area (Å²) < 4.78 is 16.1. The molecule has 0 saturated carbocycles. The number of nitrogens with zero attached hydrogens (tertiary/aromatic N) is 2. The highest BCUT2D eigenvalue weighted by molar-refractivity contribution is 5.36. The summed E-state index contributed by atoms with van der Waals surface area (Å²) in [7, 11) is 0. The smallest absolute Gasteiger partial charge is 0.213 e. The van der Waals surface area contributed by atoms with E-state index in [1.165, 1.54) is 0 Å². The molecule has 0 unspecified atom stereocenters. The van der Waals surface area contributed by atoms with E-state index >= 15 is 0 Å². The van der Waals surface area contributed by atoms with Gasteiger partial charge in [0.1, 0.15) is 13.2 Å². The van der Waals surface area contributed by atoms with Crippen LogP contribution < -0.4 is 20.9 Å². The highest BCUT2D eigenvalue weighted by Crippen LogP contribution is 2.08. The summed E-state index contributed by atoms with van der Waals surface area (Å²) in [5.41, 5.74) is 12.3. The predicted octanol–water partition coefficient (Wildman–Crippen LogP) is 1.12. The molecule has 0 fully saturated rings. The molecule has 2 heterocycles. The van der Waals surface area contributed by atoms with Crippen molar-refractivity contribution in [2.24, 2.45) is 0 Å². The van der Waals surface area contributed by atoms with E-state index in [4.69, 9.17) is 25.7 Å². The molecule has 7 heteroatoms. The Morgan fingerprint density at radius 3 is 1.57 bits per heavy atom. The van der Waals surface area contributed by atoms with Crippen LogP contribution in [0.3, 0.4) is 0 Å². The number of ether oxygens (including phenoxy) is 3. The van der Waals surface area contributed by atoms with Crippen LogP contribution in [0, 0.1) is 0 Å². The fraction of sp³-hybridized carbons (Fsp3) is 0.286. The lowest BCUT2D eigenvalue weighted by atomic mass is 10.4. The molecule has 0 aromatic carbocycles. The first kappa shape index (κ1) is 14.9. The number of pyridine rings is 2. The molecule has 0 aliphatic heterocycles. The predicted molar refractivity (Wildman–Crippen MR) is 79.1 cm³/mol. The molecule has 2 aromatic rings. The van der Waals surface area contributed by atoms with Gasteiger partial charge in [-0.1, -0.05) is 0 Å². The van der Waals surface area contributed by atoms with Crippen molar-refractivity contribution in [2.45, 2.75) is 0 Å². The summed E-state index contributed by atoms with van der Waals surface area (Å²) in [4.78, 5) is 8.03. The second kappa shape index (κ2) is 7.91. The Kier molecular flexibility index (Phi) is 5.60. The Balaban J connectivity index is 1.52. The molecule has 2 aromatic heterocycles. The summed E-state index contributed by atoms with van der Waals surface area (Å²) in [5, 5.41) is 0. The zero-order chi connectivity index (χ0) is 14.9. The Morgan fingerprint density at radius 1 is 0.714 bits per heavy atom. The number of rotatable bonds is 8. The second-order valence-corrected chi connectivity index (χ2v) is 4.17. The van der Waals surface area contributed by atoms with Gasteiger partial charge in [-0.15, -0.1) is 0 Å². The largest absolute Gasteiger partial charge is 0.475 e. The molecule has 0 saturated heterocycles.